The molecule has 0 bridgehead atoms. The van der Waals surface area contributed by atoms with Crippen LogP contribution in [-0.2, 0) is 6.54 Å². The predicted octanol–water partition coefficient (Wildman–Crippen LogP) is 3.50. The number of aromatic nitrogens is 4. The van der Waals surface area contributed by atoms with Gasteiger partial charge >= 0.3 is 0 Å². The highest BCUT2D eigenvalue weighted by atomic mass is 16.2. The van der Waals surface area contributed by atoms with E-state index in [4.69, 9.17) is 0 Å². The lowest BCUT2D eigenvalue weighted by Crippen LogP contribution is -2.38. The number of hydrogen-bond acceptors (Lipinski definition) is 3. The van der Waals surface area contributed by atoms with Crippen molar-refractivity contribution in [2.24, 2.45) is 0 Å². The largest absolute Gasteiger partial charge is 0.334 e. The van der Waals surface area contributed by atoms with Crippen LogP contribution in [0.25, 0.3) is 16.9 Å². The molecule has 0 radical (unpaired) electrons. The van der Waals surface area contributed by atoms with E-state index in [-0.39, 0.29) is 11.9 Å². The molecule has 5 rings (SSSR count). The van der Waals surface area contributed by atoms with Crippen molar-refractivity contribution in [1.82, 2.24) is 24.1 Å². The summed E-state index contributed by atoms with van der Waals surface area (Å²) in [7, 11) is 0. The molecule has 1 aliphatic heterocycles. The van der Waals surface area contributed by atoms with Crippen LogP contribution in [-0.4, -0.2) is 42.6 Å². The molecule has 1 atom stereocenters. The van der Waals surface area contributed by atoms with Gasteiger partial charge in [-0.1, -0.05) is 30.3 Å². The molecule has 0 aliphatic carbocycles. The molecular weight excluding hydrogens is 350 g/mol. The number of benzene rings is 1. The topological polar surface area (TPSA) is 55.4 Å². The van der Waals surface area contributed by atoms with Crippen LogP contribution in [0.15, 0.2) is 73.3 Å². The minimum absolute atomic E-state index is 0.0755. The number of carbonyl (C=O) groups excluding carboxylic acids is 1. The van der Waals surface area contributed by atoms with Gasteiger partial charge in [0.1, 0.15) is 5.65 Å². The van der Waals surface area contributed by atoms with E-state index in [0.717, 1.165) is 42.8 Å². The second-order valence-electron chi connectivity index (χ2n) is 7.20. The van der Waals surface area contributed by atoms with E-state index in [1.54, 1.807) is 6.20 Å². The van der Waals surface area contributed by atoms with Gasteiger partial charge in [-0.05, 0) is 31.0 Å². The van der Waals surface area contributed by atoms with Gasteiger partial charge in [0.05, 0.1) is 23.8 Å². The van der Waals surface area contributed by atoms with Crippen LogP contribution < -0.4 is 0 Å². The van der Waals surface area contributed by atoms with Crippen molar-refractivity contribution in [3.05, 3.63) is 78.9 Å². The second-order valence-corrected chi connectivity index (χ2v) is 7.20. The lowest BCUT2D eigenvalue weighted by molar-refractivity contribution is 0.0721. The summed E-state index contributed by atoms with van der Waals surface area (Å²) in [5.41, 5.74) is 3.50. The lowest BCUT2D eigenvalue weighted by atomic mass is 10.2. The summed E-state index contributed by atoms with van der Waals surface area (Å²) >= 11 is 0. The van der Waals surface area contributed by atoms with E-state index < -0.39 is 0 Å². The second kappa shape index (κ2) is 6.96. The van der Waals surface area contributed by atoms with Crippen molar-refractivity contribution in [2.75, 3.05) is 6.54 Å². The number of likely N-dealkylation sites (tertiary alicyclic amines) is 1. The van der Waals surface area contributed by atoms with E-state index in [1.165, 1.54) is 0 Å². The zero-order valence-corrected chi connectivity index (χ0v) is 15.5. The highest BCUT2D eigenvalue weighted by molar-refractivity contribution is 5.94. The van der Waals surface area contributed by atoms with Crippen molar-refractivity contribution in [3.8, 4) is 11.3 Å². The van der Waals surface area contributed by atoms with Crippen LogP contribution in [0.3, 0.4) is 0 Å². The molecule has 28 heavy (non-hydrogen) atoms. The molecule has 1 fully saturated rings. The smallest absolute Gasteiger partial charge is 0.255 e. The molecule has 1 aliphatic rings. The number of fused-ring (bicyclic) bond motifs is 1. The van der Waals surface area contributed by atoms with Crippen molar-refractivity contribution in [1.29, 1.82) is 0 Å². The fourth-order valence-electron chi connectivity index (χ4n) is 3.95. The van der Waals surface area contributed by atoms with Gasteiger partial charge in [-0.2, -0.15) is 5.10 Å². The highest BCUT2D eigenvalue weighted by Gasteiger charge is 2.30. The molecule has 4 aromatic rings. The Kier molecular flexibility index (Phi) is 4.16. The van der Waals surface area contributed by atoms with Crippen LogP contribution in [0.1, 0.15) is 23.2 Å². The predicted molar refractivity (Wildman–Crippen MR) is 107 cm³/mol. The number of hydrogen-bond donors (Lipinski definition) is 0. The van der Waals surface area contributed by atoms with Gasteiger partial charge < -0.3 is 9.30 Å². The Hall–Kier alpha value is -3.41. The normalized spacial score (nSPS) is 16.7. The number of rotatable bonds is 4. The number of carbonyl (C=O) groups is 1. The Morgan fingerprint density at radius 2 is 1.96 bits per heavy atom. The SMILES string of the molecule is O=C(c1ccc2nc(-c3ccccc3)cn2c1)N1CCCC1Cn1cccn1. The average Bonchev–Trinajstić information content (AvgIpc) is 3.48. The first-order valence-electron chi connectivity index (χ1n) is 9.60. The van der Waals surface area contributed by atoms with Crippen molar-refractivity contribution < 1.29 is 4.79 Å². The van der Waals surface area contributed by atoms with Gasteiger partial charge in [-0.3, -0.25) is 9.48 Å². The molecule has 1 amide bonds. The summed E-state index contributed by atoms with van der Waals surface area (Å²) in [6, 6.07) is 16.0. The summed E-state index contributed by atoms with van der Waals surface area (Å²) in [5.74, 6) is 0.0755. The molecule has 0 spiro atoms. The summed E-state index contributed by atoms with van der Waals surface area (Å²) < 4.78 is 3.84. The Morgan fingerprint density at radius 3 is 2.79 bits per heavy atom. The monoisotopic (exact) mass is 371 g/mol. The third-order valence-corrected chi connectivity index (χ3v) is 5.36. The molecule has 3 aromatic heterocycles. The van der Waals surface area contributed by atoms with Crippen LogP contribution in [0, 0.1) is 0 Å². The standard InChI is InChI=1S/C22H21N5O/c28-22(27-13-4-8-19(27)15-26-12-5-11-23-26)18-9-10-21-24-20(16-25(21)14-18)17-6-2-1-3-7-17/h1-3,5-7,9-12,14,16,19H,4,8,13,15H2. The Morgan fingerprint density at radius 1 is 1.07 bits per heavy atom. The first-order chi connectivity index (χ1) is 13.8. The molecule has 1 unspecified atom stereocenters. The molecule has 4 heterocycles. The minimum Gasteiger partial charge on any atom is -0.334 e. The quantitative estimate of drug-likeness (QED) is 0.552. The van der Waals surface area contributed by atoms with Crippen LogP contribution in [0.5, 0.6) is 0 Å². The summed E-state index contributed by atoms with van der Waals surface area (Å²) in [5, 5.41) is 4.29. The first-order valence-corrected chi connectivity index (χ1v) is 9.60. The lowest BCUT2D eigenvalue weighted by Gasteiger charge is -2.24. The van der Waals surface area contributed by atoms with Gasteiger partial charge in [0.25, 0.3) is 5.91 Å². The van der Waals surface area contributed by atoms with E-state index in [2.05, 4.69) is 10.1 Å². The number of amides is 1. The van der Waals surface area contributed by atoms with E-state index in [0.29, 0.717) is 5.56 Å². The number of pyridine rings is 1. The van der Waals surface area contributed by atoms with Gasteiger partial charge in [0.15, 0.2) is 0 Å². The fourth-order valence-corrected chi connectivity index (χ4v) is 3.95. The van der Waals surface area contributed by atoms with Crippen LogP contribution >= 0.6 is 0 Å². The maximum atomic E-state index is 13.2. The molecule has 140 valence electrons. The van der Waals surface area contributed by atoms with Crippen LogP contribution in [0.2, 0.25) is 0 Å². The molecule has 0 N–H and O–H groups in total. The minimum atomic E-state index is 0.0755. The third kappa shape index (κ3) is 3.07. The molecule has 0 saturated carbocycles. The Bertz CT molecular complexity index is 1100. The van der Waals surface area contributed by atoms with Crippen LogP contribution in [0.4, 0.5) is 0 Å². The zero-order valence-electron chi connectivity index (χ0n) is 15.5. The highest BCUT2D eigenvalue weighted by Crippen LogP contribution is 2.23. The van der Waals surface area contributed by atoms with E-state index in [9.17, 15) is 4.79 Å². The van der Waals surface area contributed by atoms with Gasteiger partial charge in [0.2, 0.25) is 0 Å². The maximum Gasteiger partial charge on any atom is 0.255 e. The summed E-state index contributed by atoms with van der Waals surface area (Å²) in [6.07, 6.45) is 9.63. The number of imidazole rings is 1. The maximum absolute atomic E-state index is 13.2. The van der Waals surface area contributed by atoms with Crippen molar-refractivity contribution in [3.63, 3.8) is 0 Å². The molecule has 1 aromatic carbocycles. The number of nitrogens with zero attached hydrogens (tertiary/aromatic N) is 5. The summed E-state index contributed by atoms with van der Waals surface area (Å²) in [6.45, 7) is 1.53. The van der Waals surface area contributed by atoms with E-state index in [1.807, 2.05) is 81.1 Å². The van der Waals surface area contributed by atoms with Gasteiger partial charge in [-0.25, -0.2) is 4.98 Å². The van der Waals surface area contributed by atoms with Crippen molar-refractivity contribution in [2.45, 2.75) is 25.4 Å². The van der Waals surface area contributed by atoms with Gasteiger partial charge in [-0.15, -0.1) is 0 Å². The average molecular weight is 371 g/mol. The first kappa shape index (κ1) is 16.7. The fraction of sp³-hybridized carbons (Fsp3) is 0.227. The Labute approximate surface area is 163 Å². The third-order valence-electron chi connectivity index (χ3n) is 5.36. The summed E-state index contributed by atoms with van der Waals surface area (Å²) in [4.78, 5) is 19.8. The Balaban J connectivity index is 1.41. The molecular formula is C22H21N5O. The van der Waals surface area contributed by atoms with E-state index >= 15 is 0 Å². The molecule has 1 saturated heterocycles. The zero-order chi connectivity index (χ0) is 18.9. The molecule has 6 heteroatoms. The van der Waals surface area contributed by atoms with Gasteiger partial charge in [0, 0.05) is 36.9 Å². The van der Waals surface area contributed by atoms with Crippen molar-refractivity contribution >= 4 is 11.6 Å². The molecule has 6 nitrogen and oxygen atoms in total.